The molecular formula is C16H14N4. The van der Waals surface area contributed by atoms with E-state index in [4.69, 9.17) is 4.98 Å². The van der Waals surface area contributed by atoms with E-state index in [0.717, 1.165) is 39.9 Å². The summed E-state index contributed by atoms with van der Waals surface area (Å²) in [4.78, 5) is 11.4. The lowest BCUT2D eigenvalue weighted by molar-refractivity contribution is 0.475. The molecule has 0 amide bonds. The summed E-state index contributed by atoms with van der Waals surface area (Å²) in [6, 6.07) is 12.4. The van der Waals surface area contributed by atoms with Crippen molar-refractivity contribution in [2.75, 3.05) is 13.7 Å². The molecule has 4 heteroatoms. The fourth-order valence-corrected chi connectivity index (χ4v) is 2.55. The molecule has 0 atom stereocenters. The van der Waals surface area contributed by atoms with Gasteiger partial charge in [-0.3, -0.25) is 4.98 Å². The summed E-state index contributed by atoms with van der Waals surface area (Å²) in [5, 5.41) is 5.58. The van der Waals surface area contributed by atoms with Crippen LogP contribution in [0.4, 0.5) is 0 Å². The SMILES string of the molecule is CN1C=C(c2ccc3ccc4cccnc4c3n2)NC1. The maximum Gasteiger partial charge on any atom is 0.0972 e. The fraction of sp³-hybridized carbons (Fsp3) is 0.125. The first-order chi connectivity index (χ1) is 9.81. The topological polar surface area (TPSA) is 41.1 Å². The minimum atomic E-state index is 0.822. The molecule has 1 aromatic carbocycles. The molecule has 0 fully saturated rings. The van der Waals surface area contributed by atoms with Crippen molar-refractivity contribution >= 4 is 27.5 Å². The van der Waals surface area contributed by atoms with E-state index < -0.39 is 0 Å². The van der Waals surface area contributed by atoms with Gasteiger partial charge in [0.05, 0.1) is 29.1 Å². The van der Waals surface area contributed by atoms with Crippen LogP contribution in [-0.2, 0) is 0 Å². The number of rotatable bonds is 1. The van der Waals surface area contributed by atoms with Gasteiger partial charge < -0.3 is 10.2 Å². The molecule has 1 N–H and O–H groups in total. The zero-order chi connectivity index (χ0) is 13.5. The Labute approximate surface area is 116 Å². The maximum atomic E-state index is 4.80. The monoisotopic (exact) mass is 262 g/mol. The highest BCUT2D eigenvalue weighted by Gasteiger charge is 2.12. The molecule has 0 bridgehead atoms. The largest absolute Gasteiger partial charge is 0.365 e. The molecule has 3 heterocycles. The van der Waals surface area contributed by atoms with Crippen molar-refractivity contribution in [1.29, 1.82) is 0 Å². The van der Waals surface area contributed by atoms with Crippen molar-refractivity contribution in [1.82, 2.24) is 20.2 Å². The van der Waals surface area contributed by atoms with Crippen LogP contribution in [0.15, 0.2) is 48.8 Å². The third-order valence-corrected chi connectivity index (χ3v) is 3.58. The Hall–Kier alpha value is -2.62. The number of nitrogens with zero attached hydrogens (tertiary/aromatic N) is 3. The number of benzene rings is 1. The lowest BCUT2D eigenvalue weighted by Crippen LogP contribution is -2.16. The molecule has 0 saturated carbocycles. The Morgan fingerprint density at radius 1 is 1.05 bits per heavy atom. The summed E-state index contributed by atoms with van der Waals surface area (Å²) in [6.45, 7) is 0.822. The van der Waals surface area contributed by atoms with Crippen LogP contribution in [0.5, 0.6) is 0 Å². The van der Waals surface area contributed by atoms with Crippen LogP contribution < -0.4 is 5.32 Å². The Bertz CT molecular complexity index is 838. The predicted octanol–water partition coefficient (Wildman–Crippen LogP) is 2.57. The normalized spacial score (nSPS) is 14.7. The fourth-order valence-electron chi connectivity index (χ4n) is 2.55. The highest BCUT2D eigenvalue weighted by molar-refractivity contribution is 6.02. The Balaban J connectivity index is 1.98. The van der Waals surface area contributed by atoms with Crippen molar-refractivity contribution < 1.29 is 0 Å². The van der Waals surface area contributed by atoms with E-state index in [1.165, 1.54) is 0 Å². The highest BCUT2D eigenvalue weighted by atomic mass is 15.2. The molecule has 3 aromatic rings. The van der Waals surface area contributed by atoms with Crippen molar-refractivity contribution in [3.63, 3.8) is 0 Å². The Kier molecular flexibility index (Phi) is 2.36. The zero-order valence-electron chi connectivity index (χ0n) is 11.2. The minimum Gasteiger partial charge on any atom is -0.365 e. The van der Waals surface area contributed by atoms with E-state index in [1.54, 1.807) is 0 Å². The van der Waals surface area contributed by atoms with Gasteiger partial charge in [0.25, 0.3) is 0 Å². The van der Waals surface area contributed by atoms with Gasteiger partial charge in [0, 0.05) is 30.2 Å². The van der Waals surface area contributed by atoms with E-state index >= 15 is 0 Å². The highest BCUT2D eigenvalue weighted by Crippen LogP contribution is 2.24. The molecule has 0 radical (unpaired) electrons. The Morgan fingerprint density at radius 2 is 1.85 bits per heavy atom. The molecule has 0 saturated heterocycles. The predicted molar refractivity (Wildman–Crippen MR) is 80.8 cm³/mol. The first-order valence-electron chi connectivity index (χ1n) is 6.62. The van der Waals surface area contributed by atoms with Crippen molar-refractivity contribution in [3.8, 4) is 0 Å². The quantitative estimate of drug-likeness (QED) is 0.684. The molecule has 0 unspecified atom stereocenters. The summed E-state index contributed by atoms with van der Waals surface area (Å²) in [5.41, 5.74) is 3.93. The van der Waals surface area contributed by atoms with Crippen LogP contribution in [-0.4, -0.2) is 28.6 Å². The summed E-state index contributed by atoms with van der Waals surface area (Å²) >= 11 is 0. The minimum absolute atomic E-state index is 0.822. The van der Waals surface area contributed by atoms with Gasteiger partial charge in [0.15, 0.2) is 0 Å². The number of pyridine rings is 2. The zero-order valence-corrected chi connectivity index (χ0v) is 11.2. The third kappa shape index (κ3) is 1.69. The molecule has 2 aromatic heterocycles. The summed E-state index contributed by atoms with van der Waals surface area (Å²) in [5.74, 6) is 0. The van der Waals surface area contributed by atoms with E-state index in [1.807, 2.05) is 19.3 Å². The molecule has 0 spiro atoms. The number of aromatic nitrogens is 2. The molecule has 4 nitrogen and oxygen atoms in total. The van der Waals surface area contributed by atoms with Gasteiger partial charge in [-0.05, 0) is 12.1 Å². The van der Waals surface area contributed by atoms with E-state index in [0.29, 0.717) is 0 Å². The van der Waals surface area contributed by atoms with Crippen LogP contribution in [0.1, 0.15) is 5.69 Å². The average molecular weight is 262 g/mol. The van der Waals surface area contributed by atoms with Gasteiger partial charge in [-0.2, -0.15) is 0 Å². The molecule has 1 aliphatic rings. The van der Waals surface area contributed by atoms with Crippen LogP contribution in [0.2, 0.25) is 0 Å². The second-order valence-corrected chi connectivity index (χ2v) is 5.04. The van der Waals surface area contributed by atoms with E-state index in [9.17, 15) is 0 Å². The number of fused-ring (bicyclic) bond motifs is 3. The number of nitrogens with one attached hydrogen (secondary N) is 1. The molecule has 0 aliphatic carbocycles. The van der Waals surface area contributed by atoms with Crippen molar-refractivity contribution in [2.24, 2.45) is 0 Å². The standard InChI is InChI=1S/C16H14N4/c1-20-9-14(18-10-20)13-7-6-12-5-4-11-3-2-8-17-15(11)16(12)19-13/h2-9,18H,10H2,1H3. The first-order valence-corrected chi connectivity index (χ1v) is 6.62. The Morgan fingerprint density at radius 3 is 2.65 bits per heavy atom. The van der Waals surface area contributed by atoms with Crippen LogP contribution in [0.3, 0.4) is 0 Å². The van der Waals surface area contributed by atoms with Gasteiger partial charge in [0.1, 0.15) is 0 Å². The first kappa shape index (κ1) is 11.2. The van der Waals surface area contributed by atoms with Gasteiger partial charge in [0.2, 0.25) is 0 Å². The second-order valence-electron chi connectivity index (χ2n) is 5.04. The van der Waals surface area contributed by atoms with Gasteiger partial charge in [-0.1, -0.05) is 24.3 Å². The molecule has 1 aliphatic heterocycles. The molecular weight excluding hydrogens is 248 g/mol. The smallest absolute Gasteiger partial charge is 0.0972 e. The van der Waals surface area contributed by atoms with Crippen LogP contribution >= 0.6 is 0 Å². The number of hydrogen-bond acceptors (Lipinski definition) is 4. The second kappa shape index (κ2) is 4.20. The van der Waals surface area contributed by atoms with Crippen molar-refractivity contribution in [2.45, 2.75) is 0 Å². The average Bonchev–Trinajstić information content (AvgIpc) is 2.93. The summed E-state index contributed by atoms with van der Waals surface area (Å²) < 4.78 is 0. The van der Waals surface area contributed by atoms with Gasteiger partial charge in [-0.25, -0.2) is 4.98 Å². The lowest BCUT2D eigenvalue weighted by atomic mass is 10.1. The van der Waals surface area contributed by atoms with Crippen LogP contribution in [0.25, 0.3) is 27.5 Å². The summed E-state index contributed by atoms with van der Waals surface area (Å²) in [6.07, 6.45) is 3.89. The molecule has 20 heavy (non-hydrogen) atoms. The van der Waals surface area contributed by atoms with Gasteiger partial charge >= 0.3 is 0 Å². The number of hydrogen-bond donors (Lipinski definition) is 1. The van der Waals surface area contributed by atoms with Crippen molar-refractivity contribution in [3.05, 3.63) is 54.5 Å². The maximum absolute atomic E-state index is 4.80. The van der Waals surface area contributed by atoms with Crippen LogP contribution in [0, 0.1) is 0 Å². The third-order valence-electron chi connectivity index (χ3n) is 3.58. The van der Waals surface area contributed by atoms with E-state index in [-0.39, 0.29) is 0 Å². The van der Waals surface area contributed by atoms with Gasteiger partial charge in [-0.15, -0.1) is 0 Å². The van der Waals surface area contributed by atoms with E-state index in [2.05, 4.69) is 51.7 Å². The molecule has 98 valence electrons. The summed E-state index contributed by atoms with van der Waals surface area (Å²) in [7, 11) is 2.04. The lowest BCUT2D eigenvalue weighted by Gasteiger charge is -2.06. The molecule has 4 rings (SSSR count).